The molecule has 0 aromatic rings. The first kappa shape index (κ1) is 15.9. The summed E-state index contributed by atoms with van der Waals surface area (Å²) in [5, 5.41) is 0. The summed E-state index contributed by atoms with van der Waals surface area (Å²) in [7, 11) is 0. The van der Waals surface area contributed by atoms with Gasteiger partial charge in [0, 0.05) is 5.41 Å². The lowest BCUT2D eigenvalue weighted by molar-refractivity contribution is -0.126. The van der Waals surface area contributed by atoms with Crippen LogP contribution in [0.25, 0.3) is 0 Å². The molecule has 0 aliphatic heterocycles. The molecule has 0 spiro atoms. The van der Waals surface area contributed by atoms with E-state index in [2.05, 4.69) is 20.8 Å². The Morgan fingerprint density at radius 3 is 1.57 bits per heavy atom. The van der Waals surface area contributed by atoms with Crippen molar-refractivity contribution in [2.24, 2.45) is 16.6 Å². The highest BCUT2D eigenvalue weighted by atomic mass is 16.1. The molecule has 0 heterocycles. The Bertz CT molecular complexity index is 166. The molecule has 86 valence electrons. The van der Waals surface area contributed by atoms with Gasteiger partial charge in [0.25, 0.3) is 0 Å². The smallest absolute Gasteiger partial charge is 0.223 e. The van der Waals surface area contributed by atoms with Gasteiger partial charge in [-0.3, -0.25) is 4.79 Å². The minimum atomic E-state index is -0.354. The third-order valence-corrected chi connectivity index (χ3v) is 2.17. The molecular weight excluding hydrogens is 174 g/mol. The van der Waals surface area contributed by atoms with Gasteiger partial charge in [-0.05, 0) is 18.3 Å². The second-order valence-electron chi connectivity index (χ2n) is 5.31. The topological polar surface area (TPSA) is 43.1 Å². The van der Waals surface area contributed by atoms with E-state index < -0.39 is 0 Å². The van der Waals surface area contributed by atoms with Crippen LogP contribution in [-0.4, -0.2) is 5.91 Å². The van der Waals surface area contributed by atoms with Gasteiger partial charge in [0.1, 0.15) is 0 Å². The molecule has 0 aliphatic rings. The maximum Gasteiger partial charge on any atom is 0.223 e. The van der Waals surface area contributed by atoms with Crippen LogP contribution < -0.4 is 5.73 Å². The van der Waals surface area contributed by atoms with Gasteiger partial charge in [-0.25, -0.2) is 0 Å². The summed E-state index contributed by atoms with van der Waals surface area (Å²) < 4.78 is 0. The Labute approximate surface area is 89.3 Å². The van der Waals surface area contributed by atoms with E-state index in [4.69, 9.17) is 5.73 Å². The summed E-state index contributed by atoms with van der Waals surface area (Å²) in [4.78, 5) is 11.0. The summed E-state index contributed by atoms with van der Waals surface area (Å²) in [5.41, 5.74) is 5.19. The van der Waals surface area contributed by atoms with Gasteiger partial charge in [-0.15, -0.1) is 0 Å². The molecule has 2 heteroatoms. The number of nitrogens with two attached hydrogens (primary N) is 1. The van der Waals surface area contributed by atoms with Crippen LogP contribution in [0.3, 0.4) is 0 Å². The first-order valence-corrected chi connectivity index (χ1v) is 5.45. The Balaban J connectivity index is 0. The van der Waals surface area contributed by atoms with E-state index in [-0.39, 0.29) is 16.7 Å². The van der Waals surface area contributed by atoms with Gasteiger partial charge < -0.3 is 5.73 Å². The highest BCUT2D eigenvalue weighted by Crippen LogP contribution is 2.29. The van der Waals surface area contributed by atoms with Crippen molar-refractivity contribution in [1.29, 1.82) is 0 Å². The van der Waals surface area contributed by atoms with Crippen LogP contribution in [-0.2, 0) is 4.79 Å². The molecular formula is C12H27NO. The maximum absolute atomic E-state index is 11.0. The van der Waals surface area contributed by atoms with Gasteiger partial charge in [-0.1, -0.05) is 48.5 Å². The number of hydrogen-bond donors (Lipinski definition) is 1. The third kappa shape index (κ3) is 8.09. The second-order valence-corrected chi connectivity index (χ2v) is 5.31. The second kappa shape index (κ2) is 6.05. The van der Waals surface area contributed by atoms with Crippen molar-refractivity contribution in [3.8, 4) is 0 Å². The highest BCUT2D eigenvalue weighted by Gasteiger charge is 2.26. The van der Waals surface area contributed by atoms with E-state index in [0.29, 0.717) is 0 Å². The lowest BCUT2D eigenvalue weighted by Crippen LogP contribution is -2.32. The third-order valence-electron chi connectivity index (χ3n) is 2.17. The molecule has 0 saturated carbocycles. The van der Waals surface area contributed by atoms with Crippen molar-refractivity contribution in [2.45, 2.75) is 61.3 Å². The zero-order valence-corrected chi connectivity index (χ0v) is 10.9. The van der Waals surface area contributed by atoms with E-state index in [1.807, 2.05) is 27.7 Å². The molecule has 14 heavy (non-hydrogen) atoms. The fourth-order valence-corrected chi connectivity index (χ4v) is 0.811. The summed E-state index contributed by atoms with van der Waals surface area (Å²) in [5.74, 6) is -0.202. The Kier molecular flexibility index (Phi) is 6.88. The van der Waals surface area contributed by atoms with E-state index in [9.17, 15) is 4.79 Å². The zero-order chi connectivity index (χ0) is 12.0. The van der Waals surface area contributed by atoms with Crippen molar-refractivity contribution < 1.29 is 4.79 Å². The van der Waals surface area contributed by atoms with Crippen molar-refractivity contribution in [3.05, 3.63) is 0 Å². The molecule has 0 aromatic heterocycles. The zero-order valence-electron chi connectivity index (χ0n) is 10.9. The Morgan fingerprint density at radius 2 is 1.36 bits per heavy atom. The minimum Gasteiger partial charge on any atom is -0.369 e. The summed E-state index contributed by atoms with van der Waals surface area (Å²) in [6.45, 7) is 14.3. The largest absolute Gasteiger partial charge is 0.369 e. The van der Waals surface area contributed by atoms with Crippen molar-refractivity contribution in [3.63, 3.8) is 0 Å². The average Bonchev–Trinajstić information content (AvgIpc) is 2.03. The first-order chi connectivity index (χ1) is 6.15. The van der Waals surface area contributed by atoms with Crippen LogP contribution >= 0.6 is 0 Å². The van der Waals surface area contributed by atoms with Crippen LogP contribution in [0, 0.1) is 10.8 Å². The summed E-state index contributed by atoms with van der Waals surface area (Å²) >= 11 is 0. The van der Waals surface area contributed by atoms with E-state index in [1.54, 1.807) is 0 Å². The van der Waals surface area contributed by atoms with Crippen LogP contribution in [0.1, 0.15) is 61.3 Å². The highest BCUT2D eigenvalue weighted by molar-refractivity contribution is 5.79. The van der Waals surface area contributed by atoms with Crippen LogP contribution in [0.15, 0.2) is 0 Å². The van der Waals surface area contributed by atoms with Crippen LogP contribution in [0.5, 0.6) is 0 Å². The molecule has 2 nitrogen and oxygen atoms in total. The number of rotatable bonds is 3. The molecule has 1 amide bonds. The van der Waals surface area contributed by atoms with Gasteiger partial charge >= 0.3 is 0 Å². The molecule has 0 radical (unpaired) electrons. The monoisotopic (exact) mass is 201 g/mol. The summed E-state index contributed by atoms with van der Waals surface area (Å²) in [6.07, 6.45) is 1.90. The molecule has 0 aromatic carbocycles. The van der Waals surface area contributed by atoms with E-state index in [0.717, 1.165) is 12.8 Å². The fourth-order valence-electron chi connectivity index (χ4n) is 0.811. The van der Waals surface area contributed by atoms with Gasteiger partial charge in [0.15, 0.2) is 0 Å². The maximum atomic E-state index is 11.0. The van der Waals surface area contributed by atoms with Crippen molar-refractivity contribution in [1.82, 2.24) is 0 Å². The van der Waals surface area contributed by atoms with Crippen LogP contribution in [0.2, 0.25) is 0 Å². The number of hydrogen-bond acceptors (Lipinski definition) is 1. The number of primary amides is 1. The molecule has 0 aliphatic carbocycles. The normalized spacial score (nSPS) is 11.6. The van der Waals surface area contributed by atoms with Gasteiger partial charge in [0.05, 0.1) is 0 Å². The molecule has 0 unspecified atom stereocenters. The van der Waals surface area contributed by atoms with Crippen LogP contribution in [0.4, 0.5) is 0 Å². The van der Waals surface area contributed by atoms with E-state index in [1.165, 1.54) is 0 Å². The molecule has 0 rings (SSSR count). The number of carbonyl (C=O) groups is 1. The minimum absolute atomic E-state index is 0.202. The predicted octanol–water partition coefficient (Wildman–Crippen LogP) is 3.35. The predicted molar refractivity (Wildman–Crippen MR) is 63.0 cm³/mol. The molecule has 0 atom stereocenters. The standard InChI is InChI=1S/C10H21NO.C2H6/c1-9(2,3)6-7-10(4,5)8(11)12;1-2/h6-7H2,1-5H3,(H2,11,12);1-2H3. The Hall–Kier alpha value is -0.530. The van der Waals surface area contributed by atoms with E-state index >= 15 is 0 Å². The van der Waals surface area contributed by atoms with Crippen molar-refractivity contribution >= 4 is 5.91 Å². The first-order valence-electron chi connectivity index (χ1n) is 5.45. The molecule has 0 saturated heterocycles. The Morgan fingerprint density at radius 1 is 1.00 bits per heavy atom. The lowest BCUT2D eigenvalue weighted by Gasteiger charge is -2.25. The quantitative estimate of drug-likeness (QED) is 0.747. The van der Waals surface area contributed by atoms with Gasteiger partial charge in [0.2, 0.25) is 5.91 Å². The number of carbonyl (C=O) groups excluding carboxylic acids is 1. The lowest BCUT2D eigenvalue weighted by atomic mass is 9.80. The fraction of sp³-hybridized carbons (Fsp3) is 0.917. The summed E-state index contributed by atoms with van der Waals surface area (Å²) in [6, 6.07) is 0. The average molecular weight is 201 g/mol. The molecule has 0 bridgehead atoms. The van der Waals surface area contributed by atoms with Crippen molar-refractivity contribution in [2.75, 3.05) is 0 Å². The van der Waals surface area contributed by atoms with Gasteiger partial charge in [-0.2, -0.15) is 0 Å². The number of amides is 1. The SMILES string of the molecule is CC.CC(C)(C)CCC(C)(C)C(N)=O. The molecule has 0 fully saturated rings. The molecule has 2 N–H and O–H groups in total.